The molecule has 0 aromatic carbocycles. The van der Waals surface area contributed by atoms with Crippen LogP contribution in [0.4, 0.5) is 5.69 Å². The summed E-state index contributed by atoms with van der Waals surface area (Å²) >= 11 is 1.55. The molecule has 3 aliphatic carbocycles. The molecule has 0 N–H and O–H groups in total. The van der Waals surface area contributed by atoms with Crippen molar-refractivity contribution >= 4 is 42.3 Å². The van der Waals surface area contributed by atoms with Gasteiger partial charge < -0.3 is 9.64 Å². The molecule has 7 nitrogen and oxygen atoms in total. The zero-order valence-corrected chi connectivity index (χ0v) is 30.6. The number of allylic oxidation sites excluding steroid dienone is 1. The van der Waals surface area contributed by atoms with Gasteiger partial charge in [0.25, 0.3) is 0 Å². The van der Waals surface area contributed by atoms with Gasteiger partial charge in [-0.15, -0.1) is 16.4 Å². The Morgan fingerprint density at radius 2 is 1.71 bits per heavy atom. The number of carbonyl (C=O) groups is 2. The van der Waals surface area contributed by atoms with Gasteiger partial charge in [0.1, 0.15) is 13.0 Å². The molecule has 2 aromatic rings. The number of rotatable bonds is 9. The van der Waals surface area contributed by atoms with Gasteiger partial charge in [-0.1, -0.05) is 70.6 Å². The van der Waals surface area contributed by atoms with E-state index in [1.54, 1.807) is 11.3 Å². The predicted octanol–water partition coefficient (Wildman–Crippen LogP) is 8.64. The van der Waals surface area contributed by atoms with Gasteiger partial charge in [0.05, 0.1) is 24.2 Å². The molecular weight excluding hydrogens is 597 g/mol. The summed E-state index contributed by atoms with van der Waals surface area (Å²) in [7, 11) is -0.0821. The first-order valence-electron chi connectivity index (χ1n) is 17.5. The number of thiophene rings is 1. The molecule has 0 radical (unpaired) electrons. The van der Waals surface area contributed by atoms with Crippen molar-refractivity contribution in [3.05, 3.63) is 34.2 Å². The van der Waals surface area contributed by atoms with E-state index in [1.807, 2.05) is 4.90 Å². The van der Waals surface area contributed by atoms with Crippen LogP contribution >= 0.6 is 11.3 Å². The van der Waals surface area contributed by atoms with Crippen molar-refractivity contribution in [1.82, 2.24) is 15.0 Å². The number of amides is 1. The minimum atomic E-state index is -1.53. The standard InChI is InChI=1S/C36H56N4O3SSi/c1-25-11-13-26(14-12-25)9-8-10-33(41)40(29-17-15-28(16-18-29)39-24-32(37-38-39)45(5,6)7)30-23-31(44-34(30)35(42)43-4)27-19-21-36(2,3)22-20-27/h8-9,23-29H,10-22H2,1-7H3. The summed E-state index contributed by atoms with van der Waals surface area (Å²) in [6.45, 7) is 13.9. The molecular formula is C36H56N4O3SSi. The van der Waals surface area contributed by atoms with Crippen molar-refractivity contribution < 1.29 is 14.3 Å². The fourth-order valence-corrected chi connectivity index (χ4v) is 9.66. The lowest BCUT2D eigenvalue weighted by molar-refractivity contribution is -0.118. The Labute approximate surface area is 276 Å². The maximum atomic E-state index is 14.2. The summed E-state index contributed by atoms with van der Waals surface area (Å²) in [5.74, 6) is 1.54. The minimum Gasteiger partial charge on any atom is -0.465 e. The summed E-state index contributed by atoms with van der Waals surface area (Å²) in [4.78, 5) is 31.3. The number of methoxy groups -OCH3 is 1. The smallest absolute Gasteiger partial charge is 0.350 e. The van der Waals surface area contributed by atoms with Gasteiger partial charge in [0, 0.05) is 23.5 Å². The summed E-state index contributed by atoms with van der Waals surface area (Å²) in [6, 6.07) is 2.50. The van der Waals surface area contributed by atoms with E-state index in [0.717, 1.165) is 55.4 Å². The van der Waals surface area contributed by atoms with Gasteiger partial charge in [0.15, 0.2) is 0 Å². The molecule has 3 saturated carbocycles. The van der Waals surface area contributed by atoms with Crippen molar-refractivity contribution in [1.29, 1.82) is 0 Å². The lowest BCUT2D eigenvalue weighted by Gasteiger charge is -2.37. The molecule has 0 unspecified atom stereocenters. The highest BCUT2D eigenvalue weighted by Crippen LogP contribution is 2.47. The van der Waals surface area contributed by atoms with Crippen LogP contribution in [0.2, 0.25) is 19.6 Å². The highest BCUT2D eigenvalue weighted by atomic mass is 32.1. The Morgan fingerprint density at radius 3 is 2.31 bits per heavy atom. The Hall–Kier alpha value is -2.26. The van der Waals surface area contributed by atoms with Crippen LogP contribution < -0.4 is 10.2 Å². The maximum absolute atomic E-state index is 14.2. The molecule has 0 spiro atoms. The van der Waals surface area contributed by atoms with Crippen LogP contribution in [0, 0.1) is 17.3 Å². The summed E-state index contributed by atoms with van der Waals surface area (Å²) in [6.07, 6.45) is 20.0. The second-order valence-corrected chi connectivity index (χ2v) is 22.1. The second kappa shape index (κ2) is 14.2. The molecule has 3 fully saturated rings. The fraction of sp³-hybridized carbons (Fsp3) is 0.722. The number of nitrogens with zero attached hydrogens (tertiary/aromatic N) is 4. The lowest BCUT2D eigenvalue weighted by Crippen LogP contribution is -2.43. The zero-order chi connectivity index (χ0) is 32.4. The van der Waals surface area contributed by atoms with Crippen LogP contribution in [0.3, 0.4) is 0 Å². The van der Waals surface area contributed by atoms with Crippen LogP contribution in [0.1, 0.15) is 131 Å². The third kappa shape index (κ3) is 8.37. The number of hydrogen-bond donors (Lipinski definition) is 0. The van der Waals surface area contributed by atoms with Crippen molar-refractivity contribution in [3.8, 4) is 0 Å². The van der Waals surface area contributed by atoms with Crippen molar-refractivity contribution in [2.75, 3.05) is 12.0 Å². The third-order valence-corrected chi connectivity index (χ3v) is 13.9. The molecule has 45 heavy (non-hydrogen) atoms. The van der Waals surface area contributed by atoms with E-state index in [-0.39, 0.29) is 24.0 Å². The molecule has 3 aliphatic rings. The quantitative estimate of drug-likeness (QED) is 0.154. The minimum absolute atomic E-state index is 0.0359. The molecule has 5 rings (SSSR count). The summed E-state index contributed by atoms with van der Waals surface area (Å²) in [5, 5.41) is 10.2. The Morgan fingerprint density at radius 1 is 1.04 bits per heavy atom. The average Bonchev–Trinajstić information content (AvgIpc) is 3.67. The van der Waals surface area contributed by atoms with E-state index in [2.05, 4.69) is 79.8 Å². The van der Waals surface area contributed by atoms with Gasteiger partial charge in [-0.3, -0.25) is 4.79 Å². The van der Waals surface area contributed by atoms with Crippen LogP contribution in [-0.2, 0) is 9.53 Å². The third-order valence-electron chi connectivity index (χ3n) is 10.8. The van der Waals surface area contributed by atoms with E-state index in [1.165, 1.54) is 50.5 Å². The molecule has 9 heteroatoms. The van der Waals surface area contributed by atoms with Crippen molar-refractivity contribution in [2.45, 2.75) is 142 Å². The van der Waals surface area contributed by atoms with Crippen LogP contribution in [0.25, 0.3) is 0 Å². The summed E-state index contributed by atoms with van der Waals surface area (Å²) in [5.41, 5.74) is 1.13. The number of anilines is 1. The van der Waals surface area contributed by atoms with Crippen molar-refractivity contribution in [3.63, 3.8) is 0 Å². The molecule has 0 atom stereocenters. The number of hydrogen-bond acceptors (Lipinski definition) is 6. The normalized spacial score (nSPS) is 26.2. The van der Waals surface area contributed by atoms with Crippen LogP contribution in [0.5, 0.6) is 0 Å². The second-order valence-electron chi connectivity index (χ2n) is 16.0. The molecule has 0 bridgehead atoms. The topological polar surface area (TPSA) is 77.3 Å². The van der Waals surface area contributed by atoms with Gasteiger partial charge in [-0.25, -0.2) is 9.48 Å². The molecule has 2 heterocycles. The molecule has 0 saturated heterocycles. The van der Waals surface area contributed by atoms with Gasteiger partial charge in [-0.2, -0.15) is 0 Å². The van der Waals surface area contributed by atoms with Gasteiger partial charge >= 0.3 is 5.97 Å². The average molecular weight is 653 g/mol. The molecule has 0 aliphatic heterocycles. The Bertz CT molecular complexity index is 1330. The van der Waals surface area contributed by atoms with Crippen molar-refractivity contribution in [2.24, 2.45) is 17.3 Å². The Balaban J connectivity index is 1.39. The first-order valence-corrected chi connectivity index (χ1v) is 21.8. The number of ether oxygens (including phenoxy) is 1. The van der Waals surface area contributed by atoms with E-state index < -0.39 is 8.07 Å². The number of aromatic nitrogens is 3. The van der Waals surface area contributed by atoms with E-state index in [9.17, 15) is 9.59 Å². The SMILES string of the molecule is COC(=O)c1sc(C2CCC(C)(C)CC2)cc1N(C(=O)CC=CC1CCC(C)CC1)C1CCC(n2cc([Si](C)(C)C)nn2)CC1. The largest absolute Gasteiger partial charge is 0.465 e. The predicted molar refractivity (Wildman–Crippen MR) is 187 cm³/mol. The first kappa shape index (κ1) is 34.1. The van der Waals surface area contributed by atoms with Gasteiger partial charge in [-0.05, 0) is 93.4 Å². The summed E-state index contributed by atoms with van der Waals surface area (Å²) < 4.78 is 7.37. The zero-order valence-electron chi connectivity index (χ0n) is 28.8. The van der Waals surface area contributed by atoms with Gasteiger partial charge in [0.2, 0.25) is 5.91 Å². The Kier molecular flexibility index (Phi) is 10.8. The molecule has 248 valence electrons. The van der Waals surface area contributed by atoms with Crippen LogP contribution in [0.15, 0.2) is 24.4 Å². The molecule has 2 aromatic heterocycles. The highest BCUT2D eigenvalue weighted by molar-refractivity contribution is 7.14. The van der Waals surface area contributed by atoms with Crippen LogP contribution in [-0.4, -0.2) is 48.1 Å². The van der Waals surface area contributed by atoms with E-state index in [0.29, 0.717) is 28.5 Å². The first-order chi connectivity index (χ1) is 21.3. The fourth-order valence-electron chi connectivity index (χ4n) is 7.56. The lowest BCUT2D eigenvalue weighted by atomic mass is 9.73. The van der Waals surface area contributed by atoms with E-state index in [4.69, 9.17) is 4.74 Å². The van der Waals surface area contributed by atoms with E-state index >= 15 is 0 Å². The molecule has 1 amide bonds. The number of carbonyl (C=O) groups excluding carboxylic acids is 2. The number of esters is 1. The monoisotopic (exact) mass is 652 g/mol. The maximum Gasteiger partial charge on any atom is 0.350 e. The highest BCUT2D eigenvalue weighted by Gasteiger charge is 2.36.